The number of amides is 1. The number of aromatic nitrogens is 3. The lowest BCUT2D eigenvalue weighted by molar-refractivity contribution is -0.150. The van der Waals surface area contributed by atoms with Crippen LogP contribution in [0.5, 0.6) is 0 Å². The fourth-order valence-electron chi connectivity index (χ4n) is 3.84. The Hall–Kier alpha value is -2.64. The zero-order valence-electron chi connectivity index (χ0n) is 13.8. The molecule has 8 nitrogen and oxygen atoms in total. The fraction of sp³-hybridized carbons (Fsp3) is 0.529. The molecule has 1 fully saturated rings. The summed E-state index contributed by atoms with van der Waals surface area (Å²) >= 11 is 0. The number of carbonyl (C=O) groups excluding carboxylic acids is 1. The molecule has 4 rings (SSSR count). The van der Waals surface area contributed by atoms with E-state index in [4.69, 9.17) is 4.52 Å². The van der Waals surface area contributed by atoms with Crippen molar-refractivity contribution in [1.82, 2.24) is 19.8 Å². The normalized spacial score (nSPS) is 19.4. The second-order valence-electron chi connectivity index (χ2n) is 6.72. The highest BCUT2D eigenvalue weighted by Crippen LogP contribution is 2.32. The summed E-state index contributed by atoms with van der Waals surface area (Å²) in [6, 6.07) is 1.71. The van der Waals surface area contributed by atoms with E-state index in [2.05, 4.69) is 10.3 Å². The van der Waals surface area contributed by atoms with Gasteiger partial charge in [0.25, 0.3) is 5.91 Å². The second-order valence-corrected chi connectivity index (χ2v) is 6.72. The van der Waals surface area contributed by atoms with Crippen LogP contribution in [0.15, 0.2) is 23.0 Å². The molecule has 0 spiro atoms. The smallest absolute Gasteiger partial charge is 0.331 e. The van der Waals surface area contributed by atoms with Crippen LogP contribution in [0.25, 0.3) is 0 Å². The Labute approximate surface area is 144 Å². The third kappa shape index (κ3) is 2.52. The lowest BCUT2D eigenvalue weighted by Crippen LogP contribution is -2.52. The number of carbonyl (C=O) groups is 2. The van der Waals surface area contributed by atoms with Gasteiger partial charge in [-0.05, 0) is 31.7 Å². The molecule has 8 heteroatoms. The first kappa shape index (κ1) is 15.9. The molecule has 0 radical (unpaired) electrons. The first-order chi connectivity index (χ1) is 12.1. The summed E-state index contributed by atoms with van der Waals surface area (Å²) in [6.45, 7) is 0.695. The van der Waals surface area contributed by atoms with Crippen molar-refractivity contribution in [3.8, 4) is 0 Å². The van der Waals surface area contributed by atoms with E-state index in [1.807, 2.05) is 0 Å². The number of nitrogens with zero attached hydrogens (tertiary/aromatic N) is 4. The summed E-state index contributed by atoms with van der Waals surface area (Å²) in [5, 5.41) is 17.9. The predicted molar refractivity (Wildman–Crippen MR) is 86.1 cm³/mol. The average molecular weight is 344 g/mol. The van der Waals surface area contributed by atoms with Gasteiger partial charge in [-0.3, -0.25) is 9.48 Å². The maximum Gasteiger partial charge on any atom is 0.331 e. The van der Waals surface area contributed by atoms with Gasteiger partial charge >= 0.3 is 5.97 Å². The Bertz CT molecular complexity index is 788. The molecule has 2 aliphatic rings. The minimum absolute atomic E-state index is 0.185. The van der Waals surface area contributed by atoms with Gasteiger partial charge < -0.3 is 14.5 Å². The van der Waals surface area contributed by atoms with Crippen LogP contribution in [0.4, 0.5) is 0 Å². The molecule has 1 N–H and O–H groups in total. The Morgan fingerprint density at radius 3 is 2.64 bits per heavy atom. The highest BCUT2D eigenvalue weighted by atomic mass is 16.5. The summed E-state index contributed by atoms with van der Waals surface area (Å²) in [5.74, 6) is -0.771. The van der Waals surface area contributed by atoms with Crippen LogP contribution in [-0.4, -0.2) is 49.9 Å². The topological polar surface area (TPSA) is 101 Å². The van der Waals surface area contributed by atoms with E-state index in [0.717, 1.165) is 36.9 Å². The number of aliphatic carboxylic acids is 1. The quantitative estimate of drug-likeness (QED) is 0.905. The number of fused-ring (bicyclic) bond motifs is 1. The van der Waals surface area contributed by atoms with Gasteiger partial charge in [0.2, 0.25) is 5.76 Å². The van der Waals surface area contributed by atoms with Gasteiger partial charge in [-0.25, -0.2) is 4.79 Å². The Morgan fingerprint density at radius 1 is 1.20 bits per heavy atom. The summed E-state index contributed by atoms with van der Waals surface area (Å²) in [5.41, 5.74) is 0.725. The summed E-state index contributed by atoms with van der Waals surface area (Å²) in [6.07, 6.45) is 7.64. The molecule has 3 heterocycles. The molecule has 25 heavy (non-hydrogen) atoms. The van der Waals surface area contributed by atoms with Crippen molar-refractivity contribution in [1.29, 1.82) is 0 Å². The third-order valence-electron chi connectivity index (χ3n) is 5.37. The fourth-order valence-corrected chi connectivity index (χ4v) is 3.84. The maximum atomic E-state index is 12.8. The van der Waals surface area contributed by atoms with Gasteiger partial charge in [0.05, 0.1) is 5.69 Å². The lowest BCUT2D eigenvalue weighted by atomic mass is 9.87. The van der Waals surface area contributed by atoms with Crippen molar-refractivity contribution in [2.75, 3.05) is 13.1 Å². The number of hydrogen-bond donors (Lipinski definition) is 1. The Balaban J connectivity index is 1.53. The van der Waals surface area contributed by atoms with Crippen LogP contribution in [0.3, 0.4) is 0 Å². The molecular weight excluding hydrogens is 324 g/mol. The monoisotopic (exact) mass is 344 g/mol. The van der Waals surface area contributed by atoms with Gasteiger partial charge in [0.1, 0.15) is 0 Å². The van der Waals surface area contributed by atoms with Crippen LogP contribution in [-0.2, 0) is 23.2 Å². The van der Waals surface area contributed by atoms with Crippen molar-refractivity contribution in [3.05, 3.63) is 35.5 Å². The minimum Gasteiger partial charge on any atom is -0.479 e. The zero-order chi connectivity index (χ0) is 17.4. The van der Waals surface area contributed by atoms with Crippen molar-refractivity contribution < 1.29 is 19.2 Å². The van der Waals surface area contributed by atoms with E-state index >= 15 is 0 Å². The van der Waals surface area contributed by atoms with E-state index in [0.29, 0.717) is 31.7 Å². The predicted octanol–water partition coefficient (Wildman–Crippen LogP) is 1.47. The van der Waals surface area contributed by atoms with Gasteiger partial charge in [0, 0.05) is 43.9 Å². The minimum atomic E-state index is -1.10. The molecule has 0 saturated carbocycles. The molecule has 2 aromatic rings. The highest BCUT2D eigenvalue weighted by Gasteiger charge is 2.45. The number of likely N-dealkylation sites (tertiary alicyclic amines) is 1. The van der Waals surface area contributed by atoms with E-state index in [9.17, 15) is 14.7 Å². The molecule has 2 aromatic heterocycles. The molecule has 132 valence electrons. The van der Waals surface area contributed by atoms with Gasteiger partial charge in [0.15, 0.2) is 5.54 Å². The average Bonchev–Trinajstić information content (AvgIpc) is 3.31. The van der Waals surface area contributed by atoms with Crippen LogP contribution >= 0.6 is 0 Å². The first-order valence-corrected chi connectivity index (χ1v) is 8.62. The molecule has 0 aromatic carbocycles. The van der Waals surface area contributed by atoms with Gasteiger partial charge in [-0.1, -0.05) is 5.16 Å². The van der Waals surface area contributed by atoms with Crippen molar-refractivity contribution in [2.45, 2.75) is 44.1 Å². The largest absolute Gasteiger partial charge is 0.479 e. The zero-order valence-corrected chi connectivity index (χ0v) is 13.8. The maximum absolute atomic E-state index is 12.8. The number of carboxylic acid groups (broad SMARTS) is 1. The van der Waals surface area contributed by atoms with Crippen LogP contribution in [0.1, 0.15) is 47.5 Å². The number of hydrogen-bond acceptors (Lipinski definition) is 5. The first-order valence-electron chi connectivity index (χ1n) is 8.62. The molecule has 1 amide bonds. The third-order valence-corrected chi connectivity index (χ3v) is 5.37. The highest BCUT2D eigenvalue weighted by molar-refractivity contribution is 5.93. The van der Waals surface area contributed by atoms with Gasteiger partial charge in [-0.2, -0.15) is 5.10 Å². The van der Waals surface area contributed by atoms with Crippen molar-refractivity contribution in [3.63, 3.8) is 0 Å². The second kappa shape index (κ2) is 6.02. The molecule has 1 saturated heterocycles. The summed E-state index contributed by atoms with van der Waals surface area (Å²) in [7, 11) is 0. The van der Waals surface area contributed by atoms with E-state index in [1.54, 1.807) is 23.4 Å². The lowest BCUT2D eigenvalue weighted by Gasteiger charge is -2.38. The molecule has 1 aliphatic heterocycles. The standard InChI is InChI=1S/C17H20N4O4/c22-15(14-12-4-1-2-5-13(12)19-25-14)20-10-6-17(7-11-20,16(23)24)21-9-3-8-18-21/h3,8-9H,1-2,4-7,10-11H2,(H,23,24). The summed E-state index contributed by atoms with van der Waals surface area (Å²) in [4.78, 5) is 26.4. The number of aryl methyl sites for hydroxylation is 1. The molecular formula is C17H20N4O4. The van der Waals surface area contributed by atoms with Crippen LogP contribution in [0.2, 0.25) is 0 Å². The number of rotatable bonds is 3. The summed E-state index contributed by atoms with van der Waals surface area (Å²) < 4.78 is 6.82. The van der Waals surface area contributed by atoms with Crippen molar-refractivity contribution in [2.24, 2.45) is 0 Å². The van der Waals surface area contributed by atoms with E-state index in [1.165, 1.54) is 4.68 Å². The molecule has 0 bridgehead atoms. The van der Waals surface area contributed by atoms with Crippen LogP contribution < -0.4 is 0 Å². The number of piperidine rings is 1. The molecule has 0 unspecified atom stereocenters. The van der Waals surface area contributed by atoms with Crippen LogP contribution in [0, 0.1) is 0 Å². The SMILES string of the molecule is O=C(c1onc2c1CCCC2)N1CCC(C(=O)O)(n2cccn2)CC1. The number of carboxylic acids is 1. The van der Waals surface area contributed by atoms with Gasteiger partial charge in [-0.15, -0.1) is 0 Å². The van der Waals surface area contributed by atoms with E-state index in [-0.39, 0.29) is 5.91 Å². The Kier molecular flexibility index (Phi) is 3.82. The van der Waals surface area contributed by atoms with E-state index < -0.39 is 11.5 Å². The van der Waals surface area contributed by atoms with Crippen molar-refractivity contribution >= 4 is 11.9 Å². The molecule has 1 aliphatic carbocycles. The Morgan fingerprint density at radius 2 is 1.96 bits per heavy atom. The molecule has 0 atom stereocenters.